The molecule has 140 valence electrons. The quantitative estimate of drug-likeness (QED) is 0.558. The van der Waals surface area contributed by atoms with Gasteiger partial charge >= 0.3 is 5.97 Å². The molecule has 0 spiro atoms. The lowest BCUT2D eigenvalue weighted by Crippen LogP contribution is -2.06. The van der Waals surface area contributed by atoms with Crippen molar-refractivity contribution >= 4 is 29.2 Å². The van der Waals surface area contributed by atoms with Gasteiger partial charge in [-0.15, -0.1) is 10.2 Å². The van der Waals surface area contributed by atoms with E-state index in [-0.39, 0.29) is 23.1 Å². The molecule has 1 heterocycles. The monoisotopic (exact) mass is 408 g/mol. The van der Waals surface area contributed by atoms with E-state index in [0.29, 0.717) is 28.0 Å². The highest BCUT2D eigenvalue weighted by atomic mass is 35.5. The van der Waals surface area contributed by atoms with E-state index in [1.165, 1.54) is 26.4 Å². The topological polar surface area (TPSA) is 83.7 Å². The van der Waals surface area contributed by atoms with Gasteiger partial charge in [0.1, 0.15) is 0 Å². The van der Waals surface area contributed by atoms with Crippen molar-refractivity contribution in [1.29, 1.82) is 0 Å². The summed E-state index contributed by atoms with van der Waals surface area (Å²) in [5.74, 6) is 0.482. The largest absolute Gasteiger partial charge is 0.493 e. The van der Waals surface area contributed by atoms with Crippen molar-refractivity contribution in [3.8, 4) is 23.0 Å². The first kappa shape index (κ1) is 19.0. The number of halogens is 2. The molecule has 0 aliphatic rings. The summed E-state index contributed by atoms with van der Waals surface area (Å²) in [5.41, 5.74) is 0.909. The SMILES string of the molecule is COc1cc(C(=O)OCc2nnc(-c3ccc(Cl)cc3)o2)cc(Cl)c1OC. The zero-order valence-electron chi connectivity index (χ0n) is 14.4. The van der Waals surface area contributed by atoms with E-state index >= 15 is 0 Å². The van der Waals surface area contributed by atoms with Crippen molar-refractivity contribution in [2.24, 2.45) is 0 Å². The number of rotatable bonds is 6. The lowest BCUT2D eigenvalue weighted by molar-refractivity contribution is 0.0438. The number of carbonyl (C=O) groups is 1. The molecule has 9 heteroatoms. The van der Waals surface area contributed by atoms with Crippen LogP contribution in [0.25, 0.3) is 11.5 Å². The summed E-state index contributed by atoms with van der Waals surface area (Å²) >= 11 is 11.9. The summed E-state index contributed by atoms with van der Waals surface area (Å²) in [7, 11) is 2.90. The van der Waals surface area contributed by atoms with Gasteiger partial charge in [-0.2, -0.15) is 0 Å². The average molecular weight is 409 g/mol. The molecule has 0 aliphatic heterocycles. The molecule has 0 unspecified atom stereocenters. The molecule has 0 radical (unpaired) electrons. The van der Waals surface area contributed by atoms with Crippen LogP contribution in [-0.2, 0) is 11.3 Å². The molecule has 3 rings (SSSR count). The molecule has 1 aromatic heterocycles. The average Bonchev–Trinajstić information content (AvgIpc) is 3.15. The van der Waals surface area contributed by atoms with Gasteiger partial charge in [-0.05, 0) is 36.4 Å². The van der Waals surface area contributed by atoms with Crippen LogP contribution in [0.3, 0.4) is 0 Å². The maximum atomic E-state index is 12.3. The van der Waals surface area contributed by atoms with Gasteiger partial charge < -0.3 is 18.6 Å². The van der Waals surface area contributed by atoms with Crippen LogP contribution in [0, 0.1) is 0 Å². The molecule has 0 N–H and O–H groups in total. The molecule has 0 bridgehead atoms. The van der Waals surface area contributed by atoms with Crippen molar-refractivity contribution in [3.63, 3.8) is 0 Å². The Morgan fingerprint density at radius 1 is 1.07 bits per heavy atom. The Labute approximate surface area is 164 Å². The molecule has 0 aliphatic carbocycles. The minimum absolute atomic E-state index is 0.153. The van der Waals surface area contributed by atoms with Crippen LogP contribution in [0.2, 0.25) is 10.0 Å². The van der Waals surface area contributed by atoms with Crippen LogP contribution >= 0.6 is 23.2 Å². The molecule has 2 aromatic carbocycles. The fourth-order valence-electron chi connectivity index (χ4n) is 2.27. The number of nitrogens with zero attached hydrogens (tertiary/aromatic N) is 2. The Bertz CT molecular complexity index is 957. The fraction of sp³-hybridized carbons (Fsp3) is 0.167. The molecule has 0 fully saturated rings. The van der Waals surface area contributed by atoms with E-state index in [9.17, 15) is 4.79 Å². The summed E-state index contributed by atoms with van der Waals surface area (Å²) in [6.45, 7) is -0.189. The minimum atomic E-state index is -0.621. The van der Waals surface area contributed by atoms with Crippen LogP contribution in [0.5, 0.6) is 11.5 Å². The van der Waals surface area contributed by atoms with Gasteiger partial charge in [0.2, 0.25) is 5.89 Å². The smallest absolute Gasteiger partial charge is 0.338 e. The number of esters is 1. The van der Waals surface area contributed by atoms with Crippen LogP contribution < -0.4 is 9.47 Å². The number of benzene rings is 2. The first-order chi connectivity index (χ1) is 13.0. The van der Waals surface area contributed by atoms with Crippen LogP contribution in [0.4, 0.5) is 0 Å². The summed E-state index contributed by atoms with van der Waals surface area (Å²) in [6, 6.07) is 9.82. The van der Waals surface area contributed by atoms with Crippen molar-refractivity contribution in [3.05, 3.63) is 57.9 Å². The molecular weight excluding hydrogens is 395 g/mol. The highest BCUT2D eigenvalue weighted by Gasteiger charge is 2.17. The third-order valence-corrected chi connectivity index (χ3v) is 4.09. The number of hydrogen-bond acceptors (Lipinski definition) is 7. The number of ether oxygens (including phenoxy) is 3. The second kappa shape index (κ2) is 8.28. The van der Waals surface area contributed by atoms with Crippen LogP contribution in [0.15, 0.2) is 40.8 Å². The number of aromatic nitrogens is 2. The lowest BCUT2D eigenvalue weighted by atomic mass is 10.2. The fourth-order valence-corrected chi connectivity index (χ4v) is 2.68. The van der Waals surface area contributed by atoms with E-state index < -0.39 is 5.97 Å². The van der Waals surface area contributed by atoms with E-state index in [0.717, 1.165) is 0 Å². The van der Waals surface area contributed by atoms with Gasteiger partial charge in [0.25, 0.3) is 5.89 Å². The van der Waals surface area contributed by atoms with Gasteiger partial charge in [-0.25, -0.2) is 4.79 Å². The summed E-state index contributed by atoms with van der Waals surface area (Å²) in [6.07, 6.45) is 0. The van der Waals surface area contributed by atoms with Crippen LogP contribution in [-0.4, -0.2) is 30.4 Å². The molecule has 0 saturated carbocycles. The van der Waals surface area contributed by atoms with Gasteiger partial charge in [-0.3, -0.25) is 0 Å². The number of carbonyl (C=O) groups excluding carboxylic acids is 1. The zero-order chi connectivity index (χ0) is 19.4. The Morgan fingerprint density at radius 3 is 2.48 bits per heavy atom. The third kappa shape index (κ3) is 4.32. The van der Waals surface area contributed by atoms with Gasteiger partial charge in [0.15, 0.2) is 18.1 Å². The molecule has 0 atom stereocenters. The van der Waals surface area contributed by atoms with E-state index in [2.05, 4.69) is 10.2 Å². The second-order valence-corrected chi connectivity index (χ2v) is 6.12. The molecule has 27 heavy (non-hydrogen) atoms. The van der Waals surface area contributed by atoms with E-state index in [4.69, 9.17) is 41.8 Å². The minimum Gasteiger partial charge on any atom is -0.493 e. The maximum absolute atomic E-state index is 12.3. The normalized spacial score (nSPS) is 10.5. The zero-order valence-corrected chi connectivity index (χ0v) is 15.9. The third-order valence-electron chi connectivity index (χ3n) is 3.55. The van der Waals surface area contributed by atoms with Gasteiger partial charge in [0, 0.05) is 10.6 Å². The highest BCUT2D eigenvalue weighted by Crippen LogP contribution is 2.36. The van der Waals surface area contributed by atoms with Crippen molar-refractivity contribution < 1.29 is 23.4 Å². The predicted octanol–water partition coefficient (Wildman–Crippen LogP) is 4.42. The Hall–Kier alpha value is -2.77. The maximum Gasteiger partial charge on any atom is 0.338 e. The predicted molar refractivity (Wildman–Crippen MR) is 98.4 cm³/mol. The van der Waals surface area contributed by atoms with Crippen molar-refractivity contribution in [2.45, 2.75) is 6.61 Å². The summed E-state index contributed by atoms with van der Waals surface area (Å²) in [4.78, 5) is 12.3. The Kier molecular flexibility index (Phi) is 5.83. The summed E-state index contributed by atoms with van der Waals surface area (Å²) in [5, 5.41) is 8.61. The van der Waals surface area contributed by atoms with Gasteiger partial charge in [-0.1, -0.05) is 23.2 Å². The first-order valence-electron chi connectivity index (χ1n) is 7.68. The Balaban J connectivity index is 1.69. The standard InChI is InChI=1S/C18H14Cl2N2O5/c1-24-14-8-11(7-13(20)16(14)25-2)18(23)26-9-15-21-22-17(27-15)10-3-5-12(19)6-4-10/h3-8H,9H2,1-2H3. The molecular formula is C18H14Cl2N2O5. The second-order valence-electron chi connectivity index (χ2n) is 5.28. The first-order valence-corrected chi connectivity index (χ1v) is 8.44. The van der Waals surface area contributed by atoms with E-state index in [1.54, 1.807) is 24.3 Å². The van der Waals surface area contributed by atoms with Gasteiger partial charge in [0.05, 0.1) is 24.8 Å². The Morgan fingerprint density at radius 2 is 1.81 bits per heavy atom. The van der Waals surface area contributed by atoms with Crippen molar-refractivity contribution in [1.82, 2.24) is 10.2 Å². The summed E-state index contributed by atoms with van der Waals surface area (Å²) < 4.78 is 21.0. The van der Waals surface area contributed by atoms with Crippen LogP contribution in [0.1, 0.15) is 16.2 Å². The van der Waals surface area contributed by atoms with E-state index in [1.807, 2.05) is 0 Å². The number of methoxy groups -OCH3 is 2. The van der Waals surface area contributed by atoms with Crippen molar-refractivity contribution in [2.75, 3.05) is 14.2 Å². The lowest BCUT2D eigenvalue weighted by Gasteiger charge is -2.11. The molecule has 0 saturated heterocycles. The highest BCUT2D eigenvalue weighted by molar-refractivity contribution is 6.32. The molecule has 0 amide bonds. The molecule has 3 aromatic rings. The number of hydrogen-bond donors (Lipinski definition) is 0. The molecule has 7 nitrogen and oxygen atoms in total.